The van der Waals surface area contributed by atoms with Crippen LogP contribution in [0.15, 0.2) is 65.8 Å². The van der Waals surface area contributed by atoms with Crippen molar-refractivity contribution in [3.05, 3.63) is 66.6 Å². The number of amides is 1. The van der Waals surface area contributed by atoms with Crippen molar-refractivity contribution in [3.63, 3.8) is 0 Å². The number of hydrogen-bond donors (Lipinski definition) is 1. The first-order chi connectivity index (χ1) is 12.7. The van der Waals surface area contributed by atoms with Gasteiger partial charge in [0, 0.05) is 47.3 Å². The summed E-state index contributed by atoms with van der Waals surface area (Å²) in [7, 11) is 0. The van der Waals surface area contributed by atoms with Gasteiger partial charge < -0.3 is 5.32 Å². The van der Waals surface area contributed by atoms with Gasteiger partial charge in [-0.3, -0.25) is 14.5 Å². The van der Waals surface area contributed by atoms with E-state index in [0.29, 0.717) is 19.5 Å². The van der Waals surface area contributed by atoms with E-state index in [4.69, 9.17) is 0 Å². The van der Waals surface area contributed by atoms with Crippen LogP contribution in [-0.4, -0.2) is 33.0 Å². The van der Waals surface area contributed by atoms with E-state index >= 15 is 0 Å². The van der Waals surface area contributed by atoms with Crippen LogP contribution in [0.2, 0.25) is 0 Å². The molecule has 0 spiro atoms. The Morgan fingerprint density at radius 1 is 1.19 bits per heavy atom. The Hall–Kier alpha value is -2.60. The van der Waals surface area contributed by atoms with Crippen LogP contribution in [0.5, 0.6) is 0 Å². The van der Waals surface area contributed by atoms with E-state index in [0.717, 1.165) is 22.7 Å². The van der Waals surface area contributed by atoms with E-state index in [2.05, 4.69) is 27.5 Å². The number of aryl methyl sites for hydroxylation is 1. The summed E-state index contributed by atoms with van der Waals surface area (Å²) in [6, 6.07) is 16.1. The molecule has 1 amide bonds. The molecule has 0 saturated carbocycles. The number of hydrogen-bond acceptors (Lipinski definition) is 4. The fourth-order valence-corrected chi connectivity index (χ4v) is 3.43. The van der Waals surface area contributed by atoms with Crippen molar-refractivity contribution in [2.45, 2.75) is 24.8 Å². The molecule has 3 aromatic rings. The fourth-order valence-electron chi connectivity index (χ4n) is 2.56. The molecule has 0 aliphatic carbocycles. The van der Waals surface area contributed by atoms with Gasteiger partial charge in [-0.2, -0.15) is 5.10 Å². The van der Waals surface area contributed by atoms with Gasteiger partial charge in [-0.25, -0.2) is 0 Å². The van der Waals surface area contributed by atoms with E-state index in [1.807, 2.05) is 48.0 Å². The van der Waals surface area contributed by atoms with Gasteiger partial charge in [-0.15, -0.1) is 11.8 Å². The molecule has 3 rings (SSSR count). The molecule has 0 saturated heterocycles. The van der Waals surface area contributed by atoms with E-state index < -0.39 is 0 Å². The van der Waals surface area contributed by atoms with Crippen LogP contribution in [0.3, 0.4) is 0 Å². The molecular weight excluding hydrogens is 344 g/mol. The summed E-state index contributed by atoms with van der Waals surface area (Å²) in [4.78, 5) is 17.3. The number of nitrogens with zero attached hydrogens (tertiary/aromatic N) is 3. The predicted octanol–water partition coefficient (Wildman–Crippen LogP) is 3.55. The molecular formula is C20H22N4OS. The Morgan fingerprint density at radius 3 is 2.81 bits per heavy atom. The van der Waals surface area contributed by atoms with Crippen LogP contribution >= 0.6 is 11.8 Å². The molecule has 1 aromatic carbocycles. The number of benzene rings is 1. The molecule has 0 bridgehead atoms. The number of nitrogens with one attached hydrogen (secondary N) is 1. The maximum absolute atomic E-state index is 12.0. The van der Waals surface area contributed by atoms with Gasteiger partial charge in [-0.05, 0) is 37.3 Å². The zero-order valence-electron chi connectivity index (χ0n) is 14.8. The first-order valence-corrected chi connectivity index (χ1v) is 9.60. The minimum atomic E-state index is 0.0747. The highest BCUT2D eigenvalue weighted by Gasteiger charge is 2.07. The molecule has 0 fully saturated rings. The monoisotopic (exact) mass is 366 g/mol. The lowest BCUT2D eigenvalue weighted by Crippen LogP contribution is -2.28. The molecule has 0 atom stereocenters. The summed E-state index contributed by atoms with van der Waals surface area (Å²) < 4.78 is 1.92. The van der Waals surface area contributed by atoms with Crippen molar-refractivity contribution < 1.29 is 4.79 Å². The minimum Gasteiger partial charge on any atom is -0.354 e. The number of thioether (sulfide) groups is 1. The average Bonchev–Trinajstić information content (AvgIpc) is 3.04. The van der Waals surface area contributed by atoms with Crippen molar-refractivity contribution in [2.75, 3.05) is 12.3 Å². The highest BCUT2D eigenvalue weighted by atomic mass is 32.2. The zero-order valence-corrected chi connectivity index (χ0v) is 15.6. The van der Waals surface area contributed by atoms with Gasteiger partial charge in [0.15, 0.2) is 0 Å². The van der Waals surface area contributed by atoms with Crippen LogP contribution in [0.25, 0.3) is 11.3 Å². The lowest BCUT2D eigenvalue weighted by molar-refractivity contribution is -0.120. The van der Waals surface area contributed by atoms with Crippen molar-refractivity contribution in [3.8, 4) is 11.3 Å². The standard InChI is InChI=1S/C20H22N4OS/c1-16-14-19(17-6-5-10-21-15-17)23-24(16)12-11-22-20(25)9-13-26-18-7-3-2-4-8-18/h2-8,10,14-15H,9,11-13H2,1H3,(H,22,25). The summed E-state index contributed by atoms with van der Waals surface area (Å²) in [5.74, 6) is 0.854. The molecule has 2 heterocycles. The van der Waals surface area contributed by atoms with Crippen molar-refractivity contribution in [2.24, 2.45) is 0 Å². The molecule has 5 nitrogen and oxygen atoms in total. The second-order valence-electron chi connectivity index (χ2n) is 5.90. The third kappa shape index (κ3) is 5.20. The van der Waals surface area contributed by atoms with Crippen molar-refractivity contribution >= 4 is 17.7 Å². The summed E-state index contributed by atoms with van der Waals surface area (Å²) in [5.41, 5.74) is 2.97. The van der Waals surface area contributed by atoms with Gasteiger partial charge in [0.25, 0.3) is 0 Å². The van der Waals surface area contributed by atoms with Crippen molar-refractivity contribution in [1.82, 2.24) is 20.1 Å². The van der Waals surface area contributed by atoms with Gasteiger partial charge in [0.05, 0.1) is 12.2 Å². The zero-order chi connectivity index (χ0) is 18.2. The summed E-state index contributed by atoms with van der Waals surface area (Å²) in [6.07, 6.45) is 4.07. The Labute approximate surface area is 157 Å². The van der Waals surface area contributed by atoms with E-state index in [9.17, 15) is 4.79 Å². The molecule has 0 radical (unpaired) electrons. The topological polar surface area (TPSA) is 59.8 Å². The number of carbonyl (C=O) groups excluding carboxylic acids is 1. The van der Waals surface area contributed by atoms with E-state index in [1.54, 1.807) is 24.2 Å². The Kier molecular flexibility index (Phi) is 6.44. The fraction of sp³-hybridized carbons (Fsp3) is 0.250. The van der Waals surface area contributed by atoms with Crippen LogP contribution in [0, 0.1) is 6.92 Å². The Balaban J connectivity index is 1.42. The third-order valence-corrected chi connectivity index (χ3v) is 4.94. The lowest BCUT2D eigenvalue weighted by atomic mass is 10.2. The minimum absolute atomic E-state index is 0.0747. The van der Waals surface area contributed by atoms with Gasteiger partial charge in [0.1, 0.15) is 0 Å². The molecule has 0 unspecified atom stereocenters. The van der Waals surface area contributed by atoms with Gasteiger partial charge >= 0.3 is 0 Å². The van der Waals surface area contributed by atoms with E-state index in [1.165, 1.54) is 4.90 Å². The predicted molar refractivity (Wildman–Crippen MR) is 105 cm³/mol. The maximum atomic E-state index is 12.0. The number of rotatable bonds is 8. The highest BCUT2D eigenvalue weighted by Crippen LogP contribution is 2.18. The Bertz CT molecular complexity index is 834. The van der Waals surface area contributed by atoms with Crippen LogP contribution in [-0.2, 0) is 11.3 Å². The number of carbonyl (C=O) groups is 1. The van der Waals surface area contributed by atoms with E-state index in [-0.39, 0.29) is 5.91 Å². The second kappa shape index (κ2) is 9.20. The van der Waals surface area contributed by atoms with Gasteiger partial charge in [-0.1, -0.05) is 18.2 Å². The first kappa shape index (κ1) is 18.2. The quantitative estimate of drug-likeness (QED) is 0.620. The first-order valence-electron chi connectivity index (χ1n) is 8.62. The molecule has 2 aromatic heterocycles. The molecule has 134 valence electrons. The molecule has 0 aliphatic rings. The maximum Gasteiger partial charge on any atom is 0.220 e. The van der Waals surface area contributed by atoms with Gasteiger partial charge in [0.2, 0.25) is 5.91 Å². The average molecular weight is 366 g/mol. The summed E-state index contributed by atoms with van der Waals surface area (Å²) in [5, 5.41) is 7.57. The van der Waals surface area contributed by atoms with Crippen LogP contribution in [0.1, 0.15) is 12.1 Å². The molecule has 0 aliphatic heterocycles. The summed E-state index contributed by atoms with van der Waals surface area (Å²) >= 11 is 1.70. The van der Waals surface area contributed by atoms with Crippen LogP contribution in [0.4, 0.5) is 0 Å². The van der Waals surface area contributed by atoms with Crippen molar-refractivity contribution in [1.29, 1.82) is 0 Å². The summed E-state index contributed by atoms with van der Waals surface area (Å²) in [6.45, 7) is 3.25. The lowest BCUT2D eigenvalue weighted by Gasteiger charge is -2.07. The number of pyridine rings is 1. The second-order valence-corrected chi connectivity index (χ2v) is 7.07. The smallest absolute Gasteiger partial charge is 0.220 e. The number of aromatic nitrogens is 3. The SMILES string of the molecule is Cc1cc(-c2cccnc2)nn1CCNC(=O)CCSc1ccccc1. The third-order valence-electron chi connectivity index (χ3n) is 3.93. The molecule has 26 heavy (non-hydrogen) atoms. The molecule has 6 heteroatoms. The molecule has 1 N–H and O–H groups in total. The highest BCUT2D eigenvalue weighted by molar-refractivity contribution is 7.99. The Morgan fingerprint density at radius 2 is 2.04 bits per heavy atom. The van der Waals surface area contributed by atoms with Crippen LogP contribution < -0.4 is 5.32 Å². The normalized spacial score (nSPS) is 10.7. The largest absolute Gasteiger partial charge is 0.354 e.